The molecule has 12 nitrogen and oxygen atoms in total. The Hall–Kier alpha value is -4.53. The first-order valence-corrected chi connectivity index (χ1v) is 18.2. The van der Waals surface area contributed by atoms with Gasteiger partial charge in [0.15, 0.2) is 11.5 Å². The molecular weight excluding hydrogens is 762 g/mol. The zero-order valence-electron chi connectivity index (χ0n) is 27.8. The summed E-state index contributed by atoms with van der Waals surface area (Å²) in [5, 5.41) is 17.1. The van der Waals surface area contributed by atoms with E-state index in [0.717, 1.165) is 20.5 Å². The van der Waals surface area contributed by atoms with Crippen LogP contribution in [0.25, 0.3) is 20.7 Å². The highest BCUT2D eigenvalue weighted by Gasteiger charge is 2.68. The summed E-state index contributed by atoms with van der Waals surface area (Å²) < 4.78 is 8.33. The third kappa shape index (κ3) is 4.55. The second kappa shape index (κ2) is 11.5. The van der Waals surface area contributed by atoms with Gasteiger partial charge in [0.2, 0.25) is 23.6 Å². The number of benzene rings is 2. The molecule has 4 aliphatic rings. The van der Waals surface area contributed by atoms with Gasteiger partial charge in [-0.2, -0.15) is 10.00 Å². The lowest BCUT2D eigenvalue weighted by Crippen LogP contribution is -2.49. The van der Waals surface area contributed by atoms with Crippen LogP contribution >= 0.6 is 38.9 Å². The van der Waals surface area contributed by atoms with E-state index >= 15 is 4.79 Å². The highest BCUT2D eigenvalue weighted by atomic mass is 79.9. The normalized spacial score (nSPS) is 27.2. The zero-order chi connectivity index (χ0) is 36.4. The van der Waals surface area contributed by atoms with Crippen molar-refractivity contribution in [3.63, 3.8) is 0 Å². The lowest BCUT2D eigenvalue weighted by Gasteiger charge is -2.49. The number of phenols is 1. The van der Waals surface area contributed by atoms with Crippen LogP contribution in [0.1, 0.15) is 36.8 Å². The molecule has 0 spiro atoms. The van der Waals surface area contributed by atoms with E-state index in [-0.39, 0.29) is 30.2 Å². The highest BCUT2D eigenvalue weighted by molar-refractivity contribution is 9.10. The minimum Gasteiger partial charge on any atom is -0.503 e. The van der Waals surface area contributed by atoms with Crippen molar-refractivity contribution < 1.29 is 33.8 Å². The molecule has 51 heavy (non-hydrogen) atoms. The number of halogens is 2. The summed E-state index contributed by atoms with van der Waals surface area (Å²) in [6.45, 7) is 3.74. The number of anilines is 1. The summed E-state index contributed by atoms with van der Waals surface area (Å²) in [4.78, 5) is 71.5. The van der Waals surface area contributed by atoms with E-state index in [0.29, 0.717) is 31.2 Å². The van der Waals surface area contributed by atoms with Crippen LogP contribution in [-0.4, -0.2) is 56.6 Å². The van der Waals surface area contributed by atoms with Crippen LogP contribution in [0.2, 0.25) is 5.02 Å². The Kier molecular flexibility index (Phi) is 7.57. The number of nitrogens with zero attached hydrogens (tertiary/aromatic N) is 4. The first-order chi connectivity index (χ1) is 24.2. The first-order valence-electron chi connectivity index (χ1n) is 16.2. The van der Waals surface area contributed by atoms with Crippen molar-refractivity contribution in [2.75, 3.05) is 12.0 Å². The third-order valence-corrected chi connectivity index (χ3v) is 13.4. The fourth-order valence-corrected chi connectivity index (χ4v) is 10.7. The van der Waals surface area contributed by atoms with Crippen LogP contribution in [0.4, 0.5) is 10.6 Å². The van der Waals surface area contributed by atoms with Gasteiger partial charge >= 0.3 is 6.03 Å². The predicted octanol–water partition coefficient (Wildman–Crippen LogP) is 6.05. The van der Waals surface area contributed by atoms with Crippen molar-refractivity contribution in [2.45, 2.75) is 32.6 Å². The number of rotatable bonds is 4. The number of amides is 6. The number of methoxy groups -OCH3 is 1. The highest BCUT2D eigenvalue weighted by Crippen LogP contribution is 2.64. The number of aryl methyl sites for hydroxylation is 2. The molecule has 2 aromatic carbocycles. The SMILES string of the molecule is COc1cc(C2C3=CCC4C(=O)N(C(N)=O)C(=O)C4C3CC3C(=O)N(c4cc(-c5sc6ccc(Cl)cc6c5C)nn4C)C(=O)C32C)cc(Br)c1O. The summed E-state index contributed by atoms with van der Waals surface area (Å²) in [6.07, 6.45) is 2.10. The second-order valence-corrected chi connectivity index (χ2v) is 16.1. The number of primary amides is 1. The maximum atomic E-state index is 15.0. The molecule has 8 rings (SSSR count). The van der Waals surface area contributed by atoms with Gasteiger partial charge in [0.05, 0.1) is 39.6 Å². The summed E-state index contributed by atoms with van der Waals surface area (Å²) >= 11 is 11.2. The molecule has 3 N–H and O–H groups in total. The van der Waals surface area contributed by atoms with Crippen molar-refractivity contribution in [3.8, 4) is 22.1 Å². The lowest BCUT2D eigenvalue weighted by molar-refractivity contribution is -0.136. The molecule has 2 aliphatic carbocycles. The van der Waals surface area contributed by atoms with E-state index in [1.807, 2.05) is 31.2 Å². The average Bonchev–Trinajstić information content (AvgIpc) is 3.76. The summed E-state index contributed by atoms with van der Waals surface area (Å²) in [5.74, 6) is -6.11. The second-order valence-electron chi connectivity index (χ2n) is 13.8. The molecule has 262 valence electrons. The quantitative estimate of drug-likeness (QED) is 0.186. The fraction of sp³-hybridized carbons (Fsp3) is 0.333. The van der Waals surface area contributed by atoms with E-state index in [1.165, 1.54) is 28.0 Å². The molecule has 2 aromatic heterocycles. The van der Waals surface area contributed by atoms with Gasteiger partial charge in [-0.1, -0.05) is 23.3 Å². The number of fused-ring (bicyclic) bond motifs is 5. The lowest BCUT2D eigenvalue weighted by atomic mass is 9.51. The van der Waals surface area contributed by atoms with Gasteiger partial charge in [-0.05, 0) is 95.4 Å². The number of allylic oxidation sites excluding steroid dienone is 2. The number of phenolic OH excluding ortho intramolecular Hbond substituents is 1. The van der Waals surface area contributed by atoms with E-state index in [4.69, 9.17) is 27.2 Å². The Morgan fingerprint density at radius 2 is 1.86 bits per heavy atom. The summed E-state index contributed by atoms with van der Waals surface area (Å²) in [7, 11) is 3.08. The monoisotopic (exact) mass is 791 g/mol. The molecule has 0 radical (unpaired) electrons. The van der Waals surface area contributed by atoms with Crippen molar-refractivity contribution >= 4 is 84.4 Å². The minimum absolute atomic E-state index is 0.0873. The number of carbonyl (C=O) groups is 5. The van der Waals surface area contributed by atoms with Crippen molar-refractivity contribution in [3.05, 3.63) is 68.7 Å². The smallest absolute Gasteiger partial charge is 0.328 e. The Morgan fingerprint density at radius 3 is 2.57 bits per heavy atom. The molecule has 0 bridgehead atoms. The van der Waals surface area contributed by atoms with Gasteiger partial charge in [-0.25, -0.2) is 9.69 Å². The van der Waals surface area contributed by atoms with Gasteiger partial charge in [0, 0.05) is 28.8 Å². The third-order valence-electron chi connectivity index (χ3n) is 11.3. The van der Waals surface area contributed by atoms with Crippen molar-refractivity contribution in [1.29, 1.82) is 0 Å². The Morgan fingerprint density at radius 1 is 1.12 bits per heavy atom. The molecule has 4 aromatic rings. The van der Waals surface area contributed by atoms with E-state index in [9.17, 15) is 24.3 Å². The molecule has 3 fully saturated rings. The molecule has 6 atom stereocenters. The van der Waals surface area contributed by atoms with Crippen LogP contribution in [0, 0.1) is 36.0 Å². The number of imide groups is 4. The number of urea groups is 1. The number of hydrogen-bond acceptors (Lipinski definition) is 9. The average molecular weight is 793 g/mol. The molecule has 2 saturated heterocycles. The van der Waals surface area contributed by atoms with Crippen LogP contribution in [0.3, 0.4) is 0 Å². The number of carbonyl (C=O) groups excluding carboxylic acids is 5. The number of aromatic nitrogens is 2. The maximum Gasteiger partial charge on any atom is 0.328 e. The van der Waals surface area contributed by atoms with Gasteiger partial charge < -0.3 is 15.6 Å². The van der Waals surface area contributed by atoms with Gasteiger partial charge in [0.1, 0.15) is 11.5 Å². The van der Waals surface area contributed by atoms with E-state index < -0.39 is 64.7 Å². The zero-order valence-corrected chi connectivity index (χ0v) is 30.9. The van der Waals surface area contributed by atoms with Gasteiger partial charge in [-0.3, -0.25) is 23.9 Å². The molecule has 1 saturated carbocycles. The van der Waals surface area contributed by atoms with Crippen molar-refractivity contribution in [1.82, 2.24) is 14.7 Å². The van der Waals surface area contributed by atoms with Crippen molar-refractivity contribution in [2.24, 2.45) is 41.9 Å². The first kappa shape index (κ1) is 33.6. The van der Waals surface area contributed by atoms with E-state index in [1.54, 1.807) is 32.2 Å². The van der Waals surface area contributed by atoms with Crippen LogP contribution in [0.15, 0.2) is 52.5 Å². The molecule has 6 unspecified atom stereocenters. The molecule has 4 heterocycles. The Labute approximate surface area is 308 Å². The van der Waals surface area contributed by atoms with Gasteiger partial charge in [-0.15, -0.1) is 11.3 Å². The predicted molar refractivity (Wildman–Crippen MR) is 192 cm³/mol. The number of nitrogens with two attached hydrogens (primary N) is 1. The molecule has 6 amide bonds. The number of thiophene rings is 1. The molecular formula is C36H31BrClN5O7S. The number of aromatic hydroxyl groups is 1. The Bertz CT molecular complexity index is 2320. The fourth-order valence-electron chi connectivity index (χ4n) is 8.96. The van der Waals surface area contributed by atoms with E-state index in [2.05, 4.69) is 15.9 Å². The number of hydrogen-bond donors (Lipinski definition) is 2. The number of likely N-dealkylation sites (tertiary alicyclic amines) is 1. The van der Waals surface area contributed by atoms with Gasteiger partial charge in [0.25, 0.3) is 0 Å². The minimum atomic E-state index is -1.36. The Balaban J connectivity index is 1.27. The van der Waals surface area contributed by atoms with Crippen LogP contribution in [0.5, 0.6) is 11.5 Å². The van der Waals surface area contributed by atoms with Crippen LogP contribution < -0.4 is 15.4 Å². The largest absolute Gasteiger partial charge is 0.503 e. The van der Waals surface area contributed by atoms with Crippen LogP contribution in [-0.2, 0) is 26.2 Å². The maximum absolute atomic E-state index is 15.0. The summed E-state index contributed by atoms with van der Waals surface area (Å²) in [5.41, 5.74) is 6.94. The topological polar surface area (TPSA) is 165 Å². The molecule has 15 heteroatoms. The summed E-state index contributed by atoms with van der Waals surface area (Å²) in [6, 6.07) is 9.56. The number of ether oxygens (including phenoxy) is 1. The molecule has 2 aliphatic heterocycles. The standard InChI is InChI=1S/C36H31BrClN5O7S/c1-14-19-11-16(38)5-8-25(19)51-30(14)23-13-26(41(3)40-23)42-32(46)21-12-20-17(6-7-18-27(20)33(47)43(31(18)45)35(39)49)28(36(21,2)34(42)48)15-9-22(37)29(44)24(10-15)50-4/h5-6,8-11,13,18,20-21,27-28,44H,7,12H2,1-4H3,(H2,39,49).